The molecule has 2 aromatic carbocycles. The summed E-state index contributed by atoms with van der Waals surface area (Å²) in [6.45, 7) is -0.171. The van der Waals surface area contributed by atoms with E-state index < -0.39 is 36.5 Å². The van der Waals surface area contributed by atoms with Crippen LogP contribution >= 0.6 is 0 Å². The molecule has 1 saturated heterocycles. The Bertz CT molecular complexity index is 1550. The van der Waals surface area contributed by atoms with Crippen molar-refractivity contribution in [3.8, 4) is 11.8 Å². The van der Waals surface area contributed by atoms with Gasteiger partial charge in [-0.05, 0) is 49.4 Å². The number of carbonyl (C=O) groups excluding carboxylic acids is 3. The smallest absolute Gasteiger partial charge is 0.317 e. The second-order valence-corrected chi connectivity index (χ2v) is 11.2. The SMILES string of the molecule is COc1cccc2[nH]c(C(=O)N3CC(c4ccccc4)CC3C(=O)NC(CC3CCCC3=O)C(C#N)NCC(=O)O)cc12. The molecule has 2 aliphatic rings. The highest BCUT2D eigenvalue weighted by atomic mass is 16.5. The van der Waals surface area contributed by atoms with Crippen molar-refractivity contribution in [3.63, 3.8) is 0 Å². The van der Waals surface area contributed by atoms with Crippen LogP contribution < -0.4 is 15.4 Å². The van der Waals surface area contributed by atoms with Gasteiger partial charge in [-0.25, -0.2) is 0 Å². The number of likely N-dealkylation sites (tertiary alicyclic amines) is 1. The number of carbonyl (C=O) groups is 4. The zero-order valence-corrected chi connectivity index (χ0v) is 23.9. The Balaban J connectivity index is 1.43. The number of nitrogens with one attached hydrogen (secondary N) is 3. The Hall–Kier alpha value is -4.69. The molecule has 0 radical (unpaired) electrons. The van der Waals surface area contributed by atoms with Crippen LogP contribution in [0.25, 0.3) is 10.9 Å². The largest absolute Gasteiger partial charge is 0.496 e. The molecule has 0 bridgehead atoms. The van der Waals surface area contributed by atoms with E-state index in [1.807, 2.05) is 42.5 Å². The Kier molecular flexibility index (Phi) is 9.07. The first-order valence-electron chi connectivity index (χ1n) is 14.5. The summed E-state index contributed by atoms with van der Waals surface area (Å²) >= 11 is 0. The van der Waals surface area contributed by atoms with E-state index in [9.17, 15) is 29.5 Å². The first kappa shape index (κ1) is 29.8. The fourth-order valence-electron chi connectivity index (χ4n) is 6.33. The Labute approximate surface area is 249 Å². The van der Waals surface area contributed by atoms with Crippen molar-refractivity contribution in [2.75, 3.05) is 20.2 Å². The van der Waals surface area contributed by atoms with Crippen LogP contribution in [0.4, 0.5) is 0 Å². The summed E-state index contributed by atoms with van der Waals surface area (Å²) in [5.74, 6) is -1.68. The number of nitrogens with zero attached hydrogens (tertiary/aromatic N) is 2. The molecular weight excluding hydrogens is 550 g/mol. The number of ether oxygens (including phenoxy) is 1. The van der Waals surface area contributed by atoms with Gasteiger partial charge in [0.15, 0.2) is 0 Å². The van der Waals surface area contributed by atoms with Crippen LogP contribution in [0.3, 0.4) is 0 Å². The quantitative estimate of drug-likeness (QED) is 0.267. The van der Waals surface area contributed by atoms with E-state index >= 15 is 0 Å². The van der Waals surface area contributed by atoms with Crippen LogP contribution in [0.5, 0.6) is 5.75 Å². The molecule has 2 heterocycles. The molecule has 3 aromatic rings. The molecule has 11 nitrogen and oxygen atoms in total. The maximum absolute atomic E-state index is 14.0. The van der Waals surface area contributed by atoms with Crippen LogP contribution in [-0.2, 0) is 14.4 Å². The van der Waals surface area contributed by atoms with E-state index in [1.54, 1.807) is 24.1 Å². The van der Waals surface area contributed by atoms with Gasteiger partial charge in [0.25, 0.3) is 5.91 Å². The average Bonchev–Trinajstić information content (AvgIpc) is 3.75. The number of hydrogen-bond donors (Lipinski definition) is 4. The summed E-state index contributed by atoms with van der Waals surface area (Å²) in [6, 6.07) is 16.2. The lowest BCUT2D eigenvalue weighted by molar-refractivity contribution is -0.136. The highest BCUT2D eigenvalue weighted by Gasteiger charge is 2.42. The van der Waals surface area contributed by atoms with E-state index in [4.69, 9.17) is 4.74 Å². The topological polar surface area (TPSA) is 165 Å². The maximum atomic E-state index is 14.0. The summed E-state index contributed by atoms with van der Waals surface area (Å²) in [4.78, 5) is 56.4. The molecule has 5 unspecified atom stereocenters. The third-order valence-electron chi connectivity index (χ3n) is 8.52. The zero-order chi connectivity index (χ0) is 30.5. The van der Waals surface area contributed by atoms with Crippen molar-refractivity contribution in [1.82, 2.24) is 20.5 Å². The molecule has 4 N–H and O–H groups in total. The number of ketones is 1. The lowest BCUT2D eigenvalue weighted by Gasteiger charge is -2.29. The molecule has 0 spiro atoms. The Morgan fingerprint density at radius 2 is 1.98 bits per heavy atom. The minimum atomic E-state index is -1.14. The lowest BCUT2D eigenvalue weighted by atomic mass is 9.92. The molecule has 11 heteroatoms. The van der Waals surface area contributed by atoms with Gasteiger partial charge in [0.1, 0.15) is 29.3 Å². The third kappa shape index (κ3) is 6.54. The summed E-state index contributed by atoms with van der Waals surface area (Å²) in [6.07, 6.45) is 2.41. The number of Topliss-reactive ketones (excluding diaryl/α,β-unsaturated/α-hetero) is 1. The summed E-state index contributed by atoms with van der Waals surface area (Å²) in [5.41, 5.74) is 2.04. The molecule has 43 heavy (non-hydrogen) atoms. The van der Waals surface area contributed by atoms with Crippen LogP contribution in [0.1, 0.15) is 54.1 Å². The van der Waals surface area contributed by atoms with Crippen molar-refractivity contribution < 1.29 is 29.0 Å². The van der Waals surface area contributed by atoms with E-state index in [-0.39, 0.29) is 29.9 Å². The van der Waals surface area contributed by atoms with Gasteiger partial charge in [0, 0.05) is 35.7 Å². The maximum Gasteiger partial charge on any atom is 0.317 e. The van der Waals surface area contributed by atoms with Crippen molar-refractivity contribution in [1.29, 1.82) is 5.26 Å². The number of amides is 2. The molecule has 224 valence electrons. The molecule has 5 atom stereocenters. The number of aromatic nitrogens is 1. The lowest BCUT2D eigenvalue weighted by Crippen LogP contribution is -2.55. The normalized spacial score (nSPS) is 21.3. The third-order valence-corrected chi connectivity index (χ3v) is 8.52. The fraction of sp³-hybridized carbons (Fsp3) is 0.406. The first-order valence-corrected chi connectivity index (χ1v) is 14.5. The van der Waals surface area contributed by atoms with Gasteiger partial charge < -0.3 is 25.0 Å². The number of H-pyrrole nitrogens is 1. The minimum absolute atomic E-state index is 0.0743. The number of aliphatic carboxylic acids is 1. The molecule has 2 amide bonds. The summed E-state index contributed by atoms with van der Waals surface area (Å²) in [7, 11) is 1.56. The predicted octanol–water partition coefficient (Wildman–Crippen LogP) is 2.99. The predicted molar refractivity (Wildman–Crippen MR) is 157 cm³/mol. The molecule has 1 aromatic heterocycles. The van der Waals surface area contributed by atoms with Crippen LogP contribution in [0.15, 0.2) is 54.6 Å². The average molecular weight is 586 g/mol. The number of carboxylic acids is 1. The van der Waals surface area contributed by atoms with Gasteiger partial charge >= 0.3 is 5.97 Å². The van der Waals surface area contributed by atoms with Gasteiger partial charge in [0.05, 0.1) is 25.8 Å². The van der Waals surface area contributed by atoms with Crippen molar-refractivity contribution >= 4 is 34.5 Å². The van der Waals surface area contributed by atoms with E-state index in [0.717, 1.165) is 22.9 Å². The zero-order valence-electron chi connectivity index (χ0n) is 23.9. The number of hydrogen-bond acceptors (Lipinski definition) is 7. The minimum Gasteiger partial charge on any atom is -0.496 e. The highest BCUT2D eigenvalue weighted by molar-refractivity contribution is 6.02. The first-order chi connectivity index (χ1) is 20.8. The van der Waals surface area contributed by atoms with E-state index in [2.05, 4.69) is 21.7 Å². The monoisotopic (exact) mass is 585 g/mol. The number of nitriles is 1. The molecular formula is C32H35N5O6. The van der Waals surface area contributed by atoms with Gasteiger partial charge in [-0.1, -0.05) is 36.4 Å². The number of methoxy groups -OCH3 is 1. The number of benzene rings is 2. The van der Waals surface area contributed by atoms with Gasteiger partial charge in [-0.15, -0.1) is 0 Å². The molecule has 1 saturated carbocycles. The summed E-state index contributed by atoms with van der Waals surface area (Å²) in [5, 5.41) is 25.5. The number of aromatic amines is 1. The molecule has 5 rings (SSSR count). The number of fused-ring (bicyclic) bond motifs is 1. The van der Waals surface area contributed by atoms with Crippen LogP contribution in [-0.4, -0.2) is 76.9 Å². The van der Waals surface area contributed by atoms with Gasteiger partial charge in [-0.2, -0.15) is 5.26 Å². The standard InChI is InChI=1S/C32H35N5O6/c1-43-29-12-6-10-23-22(29)15-25(35-23)32(42)37-18-21(19-7-3-2-4-8-19)14-27(37)31(41)36-24(13-20-9-5-11-28(20)38)26(16-33)34-17-30(39)40/h2-4,6-8,10,12,15,20-21,24,26-27,34-35H,5,9,11,13-14,17-18H2,1H3,(H,36,41)(H,39,40). The van der Waals surface area contributed by atoms with Gasteiger partial charge in [-0.3, -0.25) is 24.5 Å². The fourth-order valence-corrected chi connectivity index (χ4v) is 6.33. The van der Waals surface area contributed by atoms with Gasteiger partial charge in [0.2, 0.25) is 5.91 Å². The van der Waals surface area contributed by atoms with Crippen molar-refractivity contribution in [3.05, 3.63) is 65.9 Å². The van der Waals surface area contributed by atoms with E-state index in [1.165, 1.54) is 0 Å². The highest BCUT2D eigenvalue weighted by Crippen LogP contribution is 2.35. The molecule has 1 aliphatic carbocycles. The van der Waals surface area contributed by atoms with Crippen LogP contribution in [0, 0.1) is 17.2 Å². The number of carboxylic acid groups (broad SMARTS) is 1. The Morgan fingerprint density at radius 1 is 1.19 bits per heavy atom. The van der Waals surface area contributed by atoms with Crippen molar-refractivity contribution in [2.45, 2.75) is 56.1 Å². The molecule has 2 fully saturated rings. The van der Waals surface area contributed by atoms with E-state index in [0.29, 0.717) is 37.3 Å². The summed E-state index contributed by atoms with van der Waals surface area (Å²) < 4.78 is 5.45. The molecule has 1 aliphatic heterocycles. The second kappa shape index (κ2) is 13.1. The van der Waals surface area contributed by atoms with Crippen LogP contribution in [0.2, 0.25) is 0 Å². The van der Waals surface area contributed by atoms with Crippen molar-refractivity contribution in [2.24, 2.45) is 5.92 Å². The second-order valence-electron chi connectivity index (χ2n) is 11.2. The number of rotatable bonds is 11. The Morgan fingerprint density at radius 3 is 2.65 bits per heavy atom.